The molecule has 0 fully saturated rings. The zero-order valence-electron chi connectivity index (χ0n) is 6.84. The topological polar surface area (TPSA) is 18.5 Å². The Bertz CT molecular complexity index is 367. The first-order chi connectivity index (χ1) is 7.08. The SMILES string of the molecule is FC(F)=C(F)C(F)(F)C1=C(F)OC(F)(F)O1. The van der Waals surface area contributed by atoms with Crippen LogP contribution in [0.2, 0.25) is 0 Å². The first-order valence-electron chi connectivity index (χ1n) is 3.33. The standard InChI is InChI=1S/C6F8O2/c7-1(3(8)9)5(11,12)2-4(10)16-6(13,14)15-2. The molecule has 0 radical (unpaired) electrons. The van der Waals surface area contributed by atoms with E-state index in [9.17, 15) is 35.1 Å². The number of rotatable bonds is 2. The minimum absolute atomic E-state index is 2.65. The van der Waals surface area contributed by atoms with Crippen LogP contribution in [0.15, 0.2) is 23.7 Å². The van der Waals surface area contributed by atoms with Crippen LogP contribution in [0.1, 0.15) is 0 Å². The smallest absolute Gasteiger partial charge is 0.390 e. The van der Waals surface area contributed by atoms with E-state index in [4.69, 9.17) is 0 Å². The Kier molecular flexibility index (Phi) is 2.77. The molecule has 0 aromatic carbocycles. The van der Waals surface area contributed by atoms with Gasteiger partial charge in [-0.1, -0.05) is 0 Å². The maximum Gasteiger partial charge on any atom is 0.587 e. The zero-order chi connectivity index (χ0) is 12.7. The predicted molar refractivity (Wildman–Crippen MR) is 30.5 cm³/mol. The lowest BCUT2D eigenvalue weighted by Gasteiger charge is -2.13. The highest BCUT2D eigenvalue weighted by molar-refractivity contribution is 5.22. The number of alkyl halides is 4. The van der Waals surface area contributed by atoms with Gasteiger partial charge in [0.05, 0.1) is 0 Å². The van der Waals surface area contributed by atoms with Crippen LogP contribution >= 0.6 is 0 Å². The fourth-order valence-corrected chi connectivity index (χ4v) is 0.736. The second-order valence-electron chi connectivity index (χ2n) is 2.42. The quantitative estimate of drug-likeness (QED) is 0.704. The Balaban J connectivity index is 3.12. The maximum absolute atomic E-state index is 12.6. The van der Waals surface area contributed by atoms with Crippen LogP contribution in [0.5, 0.6) is 0 Å². The summed E-state index contributed by atoms with van der Waals surface area (Å²) in [4.78, 5) is 0. The summed E-state index contributed by atoms with van der Waals surface area (Å²) in [5.41, 5.74) is 0. The summed E-state index contributed by atoms with van der Waals surface area (Å²) in [5, 5.41) is 0. The lowest BCUT2D eigenvalue weighted by molar-refractivity contribution is -0.346. The molecule has 1 aliphatic rings. The van der Waals surface area contributed by atoms with Gasteiger partial charge in [0.1, 0.15) is 0 Å². The summed E-state index contributed by atoms with van der Waals surface area (Å²) in [7, 11) is 0. The van der Waals surface area contributed by atoms with Crippen LogP contribution in [-0.4, -0.2) is 12.2 Å². The van der Waals surface area contributed by atoms with E-state index < -0.39 is 35.9 Å². The van der Waals surface area contributed by atoms with E-state index in [-0.39, 0.29) is 0 Å². The molecule has 0 aromatic rings. The monoisotopic (exact) mass is 256 g/mol. The molecule has 10 heteroatoms. The van der Waals surface area contributed by atoms with Crippen LogP contribution in [0, 0.1) is 0 Å². The molecule has 0 bridgehead atoms. The highest BCUT2D eigenvalue weighted by Gasteiger charge is 2.58. The van der Waals surface area contributed by atoms with Crippen LogP contribution in [0.3, 0.4) is 0 Å². The van der Waals surface area contributed by atoms with Crippen molar-refractivity contribution in [3.05, 3.63) is 23.7 Å². The molecule has 0 N–H and O–H groups in total. The number of hydrogen-bond donors (Lipinski definition) is 0. The molecule has 0 spiro atoms. The van der Waals surface area contributed by atoms with Crippen molar-refractivity contribution < 1.29 is 44.6 Å². The normalized spacial score (nSPS) is 19.2. The lowest BCUT2D eigenvalue weighted by Crippen LogP contribution is -2.25. The van der Waals surface area contributed by atoms with Crippen LogP contribution in [0.4, 0.5) is 35.1 Å². The summed E-state index contributed by atoms with van der Waals surface area (Å²) in [6, 6.07) is -2.67. The van der Waals surface area contributed by atoms with Crippen molar-refractivity contribution in [2.24, 2.45) is 0 Å². The molecule has 16 heavy (non-hydrogen) atoms. The summed E-state index contributed by atoms with van der Waals surface area (Å²) in [6.07, 6.45) is -8.29. The molecule has 0 amide bonds. The van der Waals surface area contributed by atoms with Crippen LogP contribution in [0.25, 0.3) is 0 Å². The van der Waals surface area contributed by atoms with E-state index in [1.54, 1.807) is 0 Å². The number of ether oxygens (including phenoxy) is 2. The lowest BCUT2D eigenvalue weighted by atomic mass is 10.2. The van der Waals surface area contributed by atoms with Gasteiger partial charge in [-0.2, -0.15) is 26.3 Å². The van der Waals surface area contributed by atoms with Gasteiger partial charge in [-0.15, -0.1) is 8.78 Å². The molecular formula is C6F8O2. The summed E-state index contributed by atoms with van der Waals surface area (Å²) < 4.78 is 103. The van der Waals surface area contributed by atoms with Crippen molar-refractivity contribution in [2.45, 2.75) is 12.2 Å². The van der Waals surface area contributed by atoms with E-state index >= 15 is 0 Å². The highest BCUT2D eigenvalue weighted by atomic mass is 19.3. The Morgan fingerprint density at radius 3 is 1.88 bits per heavy atom. The van der Waals surface area contributed by atoms with Crippen molar-refractivity contribution in [3.63, 3.8) is 0 Å². The molecule has 0 aromatic heterocycles. The third-order valence-corrected chi connectivity index (χ3v) is 1.33. The van der Waals surface area contributed by atoms with Gasteiger partial charge in [0.15, 0.2) is 0 Å². The third-order valence-electron chi connectivity index (χ3n) is 1.33. The first-order valence-corrected chi connectivity index (χ1v) is 3.33. The zero-order valence-corrected chi connectivity index (χ0v) is 6.84. The molecule has 2 nitrogen and oxygen atoms in total. The van der Waals surface area contributed by atoms with Gasteiger partial charge >= 0.3 is 24.3 Å². The number of allylic oxidation sites excluding steroid dienone is 1. The van der Waals surface area contributed by atoms with E-state index in [1.807, 2.05) is 0 Å². The Labute approximate surface area is 81.7 Å². The van der Waals surface area contributed by atoms with E-state index in [1.165, 1.54) is 0 Å². The summed E-state index contributed by atoms with van der Waals surface area (Å²) in [5.74, 6) is -11.4. The molecule has 0 saturated carbocycles. The van der Waals surface area contributed by atoms with Crippen LogP contribution < -0.4 is 0 Å². The molecule has 0 aliphatic carbocycles. The minimum Gasteiger partial charge on any atom is -0.390 e. The predicted octanol–water partition coefficient (Wildman–Crippen LogP) is 3.44. The van der Waals surface area contributed by atoms with Gasteiger partial charge in [0, 0.05) is 0 Å². The Hall–Kier alpha value is -1.48. The summed E-state index contributed by atoms with van der Waals surface area (Å²) in [6.45, 7) is 0. The van der Waals surface area contributed by atoms with Crippen molar-refractivity contribution in [3.8, 4) is 0 Å². The first kappa shape index (κ1) is 12.6. The van der Waals surface area contributed by atoms with E-state index in [0.717, 1.165) is 0 Å². The molecule has 92 valence electrons. The van der Waals surface area contributed by atoms with Gasteiger partial charge < -0.3 is 9.47 Å². The number of hydrogen-bond acceptors (Lipinski definition) is 2. The van der Waals surface area contributed by atoms with Crippen molar-refractivity contribution in [1.82, 2.24) is 0 Å². The van der Waals surface area contributed by atoms with Gasteiger partial charge in [-0.05, 0) is 0 Å². The average Bonchev–Trinajstić information content (AvgIpc) is 2.38. The fraction of sp³-hybridized carbons (Fsp3) is 0.333. The maximum atomic E-state index is 12.6. The second-order valence-corrected chi connectivity index (χ2v) is 2.42. The second kappa shape index (κ2) is 3.52. The van der Waals surface area contributed by atoms with Gasteiger partial charge in [0.2, 0.25) is 5.83 Å². The largest absolute Gasteiger partial charge is 0.587 e. The van der Waals surface area contributed by atoms with E-state index in [2.05, 4.69) is 9.47 Å². The molecule has 0 saturated heterocycles. The van der Waals surface area contributed by atoms with Crippen LogP contribution in [-0.2, 0) is 9.47 Å². The average molecular weight is 256 g/mol. The van der Waals surface area contributed by atoms with Crippen molar-refractivity contribution >= 4 is 0 Å². The molecule has 0 unspecified atom stereocenters. The Morgan fingerprint density at radius 2 is 1.56 bits per heavy atom. The van der Waals surface area contributed by atoms with Gasteiger partial charge in [-0.3, -0.25) is 0 Å². The van der Waals surface area contributed by atoms with E-state index in [0.29, 0.717) is 0 Å². The number of halogens is 8. The third kappa shape index (κ3) is 2.04. The molecule has 1 aliphatic heterocycles. The van der Waals surface area contributed by atoms with Gasteiger partial charge in [0.25, 0.3) is 5.76 Å². The van der Waals surface area contributed by atoms with Crippen molar-refractivity contribution in [1.29, 1.82) is 0 Å². The van der Waals surface area contributed by atoms with Gasteiger partial charge in [-0.25, -0.2) is 0 Å². The van der Waals surface area contributed by atoms with Crippen molar-refractivity contribution in [2.75, 3.05) is 0 Å². The summed E-state index contributed by atoms with van der Waals surface area (Å²) >= 11 is 0. The molecule has 0 atom stereocenters. The Morgan fingerprint density at radius 1 is 1.06 bits per heavy atom. The molecule has 1 heterocycles. The molecule has 1 rings (SSSR count). The minimum atomic E-state index is -5.37. The highest BCUT2D eigenvalue weighted by Crippen LogP contribution is 2.45. The molecular weight excluding hydrogens is 256 g/mol. The fourth-order valence-electron chi connectivity index (χ4n) is 0.736.